The van der Waals surface area contributed by atoms with E-state index in [4.69, 9.17) is 37.9 Å². The number of cyclic esters (lactones) is 1. The Labute approximate surface area is 309 Å². The first-order valence-corrected chi connectivity index (χ1v) is 17.2. The molecule has 18 nitrogen and oxygen atoms in total. The molecule has 54 heavy (non-hydrogen) atoms. The van der Waals surface area contributed by atoms with Crippen molar-refractivity contribution in [1.82, 2.24) is 4.98 Å². The highest BCUT2D eigenvalue weighted by molar-refractivity contribution is 5.94. The number of ketones is 1. The highest BCUT2D eigenvalue weighted by atomic mass is 16.7. The van der Waals surface area contributed by atoms with Gasteiger partial charge in [0.2, 0.25) is 0 Å². The SMILES string of the molecule is CC(=O)OC[C@]12[C@H](OC(C)=O)C(=O)C3[C@@H](OC(C)=O)[C@@]14O[C@@]3(C)COC(=O)c1cccnc1CC[C@H](C)C(=O)O[C@@H]([C@H](OC(C)=O)[C@@H]2OC(C)=O)[C@]4(C)O. The van der Waals surface area contributed by atoms with Crippen LogP contribution in [-0.2, 0) is 77.9 Å². The lowest BCUT2D eigenvalue weighted by atomic mass is 9.45. The maximum absolute atomic E-state index is 15.1. The van der Waals surface area contributed by atoms with Gasteiger partial charge in [0.25, 0.3) is 0 Å². The fourth-order valence-corrected chi connectivity index (χ4v) is 8.61. The monoisotopic (exact) mass is 761 g/mol. The number of Topliss-reactive ketones (excluding diaryl/α,β-unsaturated/α-hetero) is 1. The van der Waals surface area contributed by atoms with Gasteiger partial charge in [-0.3, -0.25) is 38.5 Å². The molecule has 1 spiro atoms. The summed E-state index contributed by atoms with van der Waals surface area (Å²) >= 11 is 0. The van der Waals surface area contributed by atoms with Gasteiger partial charge in [0.15, 0.2) is 35.8 Å². The van der Waals surface area contributed by atoms with E-state index in [0.717, 1.165) is 41.5 Å². The third kappa shape index (κ3) is 6.37. The molecule has 18 heteroatoms. The van der Waals surface area contributed by atoms with E-state index in [1.54, 1.807) is 0 Å². The molecule has 3 heterocycles. The molecule has 0 aromatic carbocycles. The number of aliphatic hydroxyl groups is 1. The first-order chi connectivity index (χ1) is 25.1. The fourth-order valence-electron chi connectivity index (χ4n) is 8.61. The molecule has 1 aromatic heterocycles. The molecule has 1 unspecified atom stereocenters. The van der Waals surface area contributed by atoms with Crippen molar-refractivity contribution in [2.75, 3.05) is 13.2 Å². The fraction of sp³-hybridized carbons (Fsp3) is 0.639. The number of rotatable bonds is 6. The smallest absolute Gasteiger partial charge is 0.340 e. The number of aromatic nitrogens is 1. The van der Waals surface area contributed by atoms with Gasteiger partial charge in [-0.25, -0.2) is 4.79 Å². The van der Waals surface area contributed by atoms with E-state index in [2.05, 4.69) is 4.98 Å². The number of hydrogen-bond donors (Lipinski definition) is 1. The van der Waals surface area contributed by atoms with Crippen LogP contribution in [0.4, 0.5) is 0 Å². The molecule has 3 fully saturated rings. The Kier molecular flexibility index (Phi) is 10.7. The minimum absolute atomic E-state index is 0.0242. The molecule has 4 aliphatic rings. The van der Waals surface area contributed by atoms with Crippen LogP contribution in [0.3, 0.4) is 0 Å². The predicted octanol–water partition coefficient (Wildman–Crippen LogP) is 0.500. The summed E-state index contributed by atoms with van der Waals surface area (Å²) in [6.45, 7) is 6.87. The van der Waals surface area contributed by atoms with Crippen molar-refractivity contribution in [3.05, 3.63) is 29.6 Å². The minimum Gasteiger partial charge on any atom is -0.465 e. The summed E-state index contributed by atoms with van der Waals surface area (Å²) in [7, 11) is 0. The van der Waals surface area contributed by atoms with Crippen LogP contribution in [0.5, 0.6) is 0 Å². The zero-order valence-corrected chi connectivity index (χ0v) is 31.0. The van der Waals surface area contributed by atoms with Crippen LogP contribution in [0.1, 0.15) is 77.9 Å². The molecule has 2 aliphatic heterocycles. The zero-order chi connectivity index (χ0) is 40.1. The van der Waals surface area contributed by atoms with Crippen LogP contribution in [-0.4, -0.2) is 118 Å². The highest BCUT2D eigenvalue weighted by Crippen LogP contribution is 2.68. The maximum atomic E-state index is 15.1. The first kappa shape index (κ1) is 40.2. The van der Waals surface area contributed by atoms with Crippen molar-refractivity contribution >= 4 is 47.6 Å². The van der Waals surface area contributed by atoms with Crippen LogP contribution in [0.2, 0.25) is 0 Å². The number of ether oxygens (including phenoxy) is 8. The predicted molar refractivity (Wildman–Crippen MR) is 175 cm³/mol. The molecule has 4 bridgehead atoms. The normalized spacial score (nSPS) is 37.3. The zero-order valence-electron chi connectivity index (χ0n) is 31.0. The Hall–Kier alpha value is -4.97. The Bertz CT molecular complexity index is 1770. The lowest BCUT2D eigenvalue weighted by molar-refractivity contribution is -0.376. The summed E-state index contributed by atoms with van der Waals surface area (Å²) in [6.07, 6.45) is -8.78. The average molecular weight is 762 g/mol. The van der Waals surface area contributed by atoms with Crippen molar-refractivity contribution in [3.63, 3.8) is 0 Å². The second kappa shape index (κ2) is 14.4. The van der Waals surface area contributed by atoms with Crippen LogP contribution >= 0.6 is 0 Å². The number of fused-ring (bicyclic) bond motifs is 5. The van der Waals surface area contributed by atoms with E-state index in [9.17, 15) is 38.7 Å². The van der Waals surface area contributed by atoms with Crippen LogP contribution in [0.25, 0.3) is 0 Å². The molecule has 1 aromatic rings. The quantitative estimate of drug-likeness (QED) is 0.306. The van der Waals surface area contributed by atoms with Crippen molar-refractivity contribution < 1.29 is 81.4 Å². The molecular weight excluding hydrogens is 718 g/mol. The standard InChI is InChI=1S/C36H43NO17/c1-16-11-12-23-22(10-9-13-37-23)32(45)48-14-33(7)24-25(43)28(51-20(5)41)35(15-47-17(2)38)30(52-21(6)42)26(49-18(3)39)29(53-31(16)44)34(8,46)36(35,54-33)27(24)50-19(4)40/h9-10,13,16,24,26-30,46H,11-12,14-15H2,1-8H3/t16-,24?,26-,27+,28+,29-,30-,33-,34-,35+,36-/m0/s1. The number of carbonyl (C=O) groups excluding carboxylic acids is 8. The van der Waals surface area contributed by atoms with E-state index in [1.165, 1.54) is 32.2 Å². The van der Waals surface area contributed by atoms with Gasteiger partial charge >= 0.3 is 41.8 Å². The summed E-state index contributed by atoms with van der Waals surface area (Å²) in [6, 6.07) is 2.93. The molecule has 2 aliphatic carbocycles. The van der Waals surface area contributed by atoms with Gasteiger partial charge in [0.05, 0.1) is 23.1 Å². The molecule has 1 saturated heterocycles. The van der Waals surface area contributed by atoms with Gasteiger partial charge in [-0.1, -0.05) is 6.92 Å². The summed E-state index contributed by atoms with van der Waals surface area (Å²) in [4.78, 5) is 111. The van der Waals surface area contributed by atoms with Crippen molar-refractivity contribution in [1.29, 1.82) is 0 Å². The van der Waals surface area contributed by atoms with E-state index in [1.807, 2.05) is 0 Å². The van der Waals surface area contributed by atoms with E-state index >= 15 is 4.79 Å². The van der Waals surface area contributed by atoms with Gasteiger partial charge in [-0.15, -0.1) is 0 Å². The number of hydrogen-bond acceptors (Lipinski definition) is 18. The van der Waals surface area contributed by atoms with Gasteiger partial charge in [-0.05, 0) is 38.8 Å². The van der Waals surface area contributed by atoms with E-state index in [0.29, 0.717) is 0 Å². The number of aryl methyl sites for hydroxylation is 1. The maximum Gasteiger partial charge on any atom is 0.340 e. The van der Waals surface area contributed by atoms with Crippen molar-refractivity contribution in [2.24, 2.45) is 17.3 Å². The summed E-state index contributed by atoms with van der Waals surface area (Å²) in [5.41, 5.74) is -10.0. The van der Waals surface area contributed by atoms with Gasteiger partial charge in [0.1, 0.15) is 35.9 Å². The van der Waals surface area contributed by atoms with Gasteiger partial charge in [0, 0.05) is 40.8 Å². The molecule has 294 valence electrons. The molecule has 0 radical (unpaired) electrons. The lowest BCUT2D eigenvalue weighted by Crippen LogP contribution is -2.88. The minimum atomic E-state index is -2.80. The highest BCUT2D eigenvalue weighted by Gasteiger charge is 2.91. The van der Waals surface area contributed by atoms with Gasteiger partial charge < -0.3 is 43.0 Å². The summed E-state index contributed by atoms with van der Waals surface area (Å²) in [5, 5.41) is 13.2. The molecule has 11 atom stereocenters. The summed E-state index contributed by atoms with van der Waals surface area (Å²) < 4.78 is 47.2. The Morgan fingerprint density at radius 1 is 0.889 bits per heavy atom. The number of nitrogens with zero attached hydrogens (tertiary/aromatic N) is 1. The molecule has 0 amide bonds. The van der Waals surface area contributed by atoms with Crippen LogP contribution in [0, 0.1) is 17.3 Å². The van der Waals surface area contributed by atoms with Crippen LogP contribution in [0.15, 0.2) is 18.3 Å². The van der Waals surface area contributed by atoms with E-state index in [-0.39, 0.29) is 24.1 Å². The third-order valence-corrected chi connectivity index (χ3v) is 10.6. The lowest BCUT2D eigenvalue weighted by Gasteiger charge is -2.66. The topological polar surface area (TPSA) is 244 Å². The van der Waals surface area contributed by atoms with Gasteiger partial charge in [-0.2, -0.15) is 0 Å². The van der Waals surface area contributed by atoms with Crippen LogP contribution < -0.4 is 0 Å². The first-order valence-electron chi connectivity index (χ1n) is 17.2. The number of carbonyl (C=O) groups is 8. The summed E-state index contributed by atoms with van der Waals surface area (Å²) in [5.74, 6) is -10.9. The second-order valence-electron chi connectivity index (χ2n) is 14.5. The van der Waals surface area contributed by atoms with Crippen molar-refractivity contribution in [2.45, 2.75) is 116 Å². The third-order valence-electron chi connectivity index (χ3n) is 10.6. The van der Waals surface area contributed by atoms with Crippen molar-refractivity contribution in [3.8, 4) is 0 Å². The largest absolute Gasteiger partial charge is 0.465 e. The molecular formula is C36H43NO17. The molecule has 1 N–H and O–H groups in total. The number of pyridine rings is 1. The Balaban J connectivity index is 1.94. The second-order valence-corrected chi connectivity index (χ2v) is 14.5. The Morgan fingerprint density at radius 3 is 2.09 bits per heavy atom. The van der Waals surface area contributed by atoms with E-state index < -0.39 is 125 Å². The Morgan fingerprint density at radius 2 is 1.50 bits per heavy atom. The molecule has 5 rings (SSSR count). The number of esters is 7. The average Bonchev–Trinajstić information content (AvgIpc) is 3.29. The molecule has 2 saturated carbocycles.